The minimum absolute atomic E-state index is 0.0515. The molecule has 2 atom stereocenters. The number of benzene rings is 1. The fourth-order valence-electron chi connectivity index (χ4n) is 2.18. The van der Waals surface area contributed by atoms with E-state index >= 15 is 0 Å². The van der Waals surface area contributed by atoms with Crippen molar-refractivity contribution in [1.29, 1.82) is 0 Å². The number of hydrogen-bond donors (Lipinski definition) is 1. The van der Waals surface area contributed by atoms with Crippen LogP contribution in [0.15, 0.2) is 22.7 Å². The first kappa shape index (κ1) is 12.1. The lowest BCUT2D eigenvalue weighted by Gasteiger charge is -2.31. The van der Waals surface area contributed by atoms with Crippen molar-refractivity contribution >= 4 is 15.9 Å². The molecule has 1 heterocycles. The van der Waals surface area contributed by atoms with Crippen molar-refractivity contribution in [2.75, 3.05) is 13.2 Å². The molecule has 16 heavy (non-hydrogen) atoms. The van der Waals surface area contributed by atoms with Gasteiger partial charge in [0.15, 0.2) is 0 Å². The Kier molecular flexibility index (Phi) is 4.00. The number of aliphatic hydroxyl groups excluding tert-OH is 1. The number of ether oxygens (including phenoxy) is 1. The second kappa shape index (κ2) is 5.30. The standard InChI is InChI=1S/C13H17BrO2/c1-9-4-5-10(7-12(9)14)13-11(8-15)3-2-6-16-13/h4-5,7,11,13,15H,2-3,6,8H2,1H3. The van der Waals surface area contributed by atoms with E-state index < -0.39 is 0 Å². The Hall–Kier alpha value is -0.380. The van der Waals surface area contributed by atoms with Gasteiger partial charge in [0.05, 0.1) is 6.10 Å². The van der Waals surface area contributed by atoms with Crippen LogP contribution in [0.2, 0.25) is 0 Å². The largest absolute Gasteiger partial charge is 0.396 e. The summed E-state index contributed by atoms with van der Waals surface area (Å²) < 4.78 is 6.89. The van der Waals surface area contributed by atoms with Gasteiger partial charge in [0, 0.05) is 23.6 Å². The predicted molar refractivity (Wildman–Crippen MR) is 67.4 cm³/mol. The van der Waals surface area contributed by atoms with E-state index in [1.165, 1.54) is 5.56 Å². The van der Waals surface area contributed by atoms with Gasteiger partial charge in [-0.05, 0) is 37.0 Å². The summed E-state index contributed by atoms with van der Waals surface area (Å²) in [6.45, 7) is 3.07. The summed E-state index contributed by atoms with van der Waals surface area (Å²) in [5, 5.41) is 9.35. The van der Waals surface area contributed by atoms with Crippen molar-refractivity contribution in [3.8, 4) is 0 Å². The van der Waals surface area contributed by atoms with Crippen LogP contribution in [0.4, 0.5) is 0 Å². The molecule has 3 heteroatoms. The van der Waals surface area contributed by atoms with Gasteiger partial charge in [0.1, 0.15) is 0 Å². The van der Waals surface area contributed by atoms with Crippen molar-refractivity contribution in [2.45, 2.75) is 25.9 Å². The molecule has 1 aliphatic rings. The topological polar surface area (TPSA) is 29.5 Å². The van der Waals surface area contributed by atoms with E-state index in [0.717, 1.165) is 29.5 Å². The van der Waals surface area contributed by atoms with E-state index in [4.69, 9.17) is 4.74 Å². The number of aliphatic hydroxyl groups is 1. The highest BCUT2D eigenvalue weighted by atomic mass is 79.9. The summed E-state index contributed by atoms with van der Waals surface area (Å²) in [6.07, 6.45) is 2.15. The van der Waals surface area contributed by atoms with Gasteiger partial charge in [-0.2, -0.15) is 0 Å². The maximum absolute atomic E-state index is 9.35. The first-order chi connectivity index (χ1) is 7.72. The van der Waals surface area contributed by atoms with Gasteiger partial charge in [0.25, 0.3) is 0 Å². The molecule has 0 bridgehead atoms. The lowest BCUT2D eigenvalue weighted by atomic mass is 9.90. The molecule has 0 aromatic heterocycles. The van der Waals surface area contributed by atoms with Crippen LogP contribution in [0.25, 0.3) is 0 Å². The minimum atomic E-state index is 0.0515. The van der Waals surface area contributed by atoms with Crippen LogP contribution in [0.3, 0.4) is 0 Å². The molecule has 0 saturated carbocycles. The Morgan fingerprint density at radius 3 is 3.00 bits per heavy atom. The monoisotopic (exact) mass is 284 g/mol. The number of hydrogen-bond acceptors (Lipinski definition) is 2. The maximum Gasteiger partial charge on any atom is 0.0875 e. The number of rotatable bonds is 2. The Morgan fingerprint density at radius 1 is 1.50 bits per heavy atom. The Morgan fingerprint density at radius 2 is 2.31 bits per heavy atom. The third-order valence-corrected chi connectivity index (χ3v) is 4.06. The van der Waals surface area contributed by atoms with Gasteiger partial charge in [-0.25, -0.2) is 0 Å². The van der Waals surface area contributed by atoms with E-state index in [1.807, 2.05) is 0 Å². The summed E-state index contributed by atoms with van der Waals surface area (Å²) in [7, 11) is 0. The molecule has 1 aromatic carbocycles. The molecule has 0 spiro atoms. The molecule has 0 amide bonds. The third kappa shape index (κ3) is 2.47. The quantitative estimate of drug-likeness (QED) is 0.904. The van der Waals surface area contributed by atoms with E-state index in [1.54, 1.807) is 0 Å². The smallest absolute Gasteiger partial charge is 0.0875 e. The molecular weight excluding hydrogens is 268 g/mol. The van der Waals surface area contributed by atoms with Gasteiger partial charge in [-0.15, -0.1) is 0 Å². The lowest BCUT2D eigenvalue weighted by molar-refractivity contribution is -0.0457. The highest BCUT2D eigenvalue weighted by Gasteiger charge is 2.26. The zero-order valence-corrected chi connectivity index (χ0v) is 11.0. The molecule has 2 rings (SSSR count). The van der Waals surface area contributed by atoms with Crippen molar-refractivity contribution < 1.29 is 9.84 Å². The van der Waals surface area contributed by atoms with Gasteiger partial charge < -0.3 is 9.84 Å². The molecule has 1 aliphatic heterocycles. The van der Waals surface area contributed by atoms with Gasteiger partial charge in [0.2, 0.25) is 0 Å². The predicted octanol–water partition coefficient (Wildman–Crippen LogP) is 3.22. The van der Waals surface area contributed by atoms with Crippen molar-refractivity contribution in [2.24, 2.45) is 5.92 Å². The zero-order valence-electron chi connectivity index (χ0n) is 9.45. The summed E-state index contributed by atoms with van der Waals surface area (Å²) >= 11 is 3.54. The molecular formula is C13H17BrO2. The van der Waals surface area contributed by atoms with Crippen LogP contribution in [0.5, 0.6) is 0 Å². The molecule has 2 unspecified atom stereocenters. The fourth-order valence-corrected chi connectivity index (χ4v) is 2.58. The second-order valence-electron chi connectivity index (χ2n) is 4.38. The van der Waals surface area contributed by atoms with Crippen molar-refractivity contribution in [1.82, 2.24) is 0 Å². The van der Waals surface area contributed by atoms with Crippen LogP contribution in [0.1, 0.15) is 30.1 Å². The minimum Gasteiger partial charge on any atom is -0.396 e. The molecule has 1 saturated heterocycles. The average molecular weight is 285 g/mol. The SMILES string of the molecule is Cc1ccc(C2OCCCC2CO)cc1Br. The van der Waals surface area contributed by atoms with Crippen LogP contribution in [-0.2, 0) is 4.74 Å². The van der Waals surface area contributed by atoms with Crippen LogP contribution < -0.4 is 0 Å². The molecule has 88 valence electrons. The zero-order chi connectivity index (χ0) is 11.5. The van der Waals surface area contributed by atoms with Gasteiger partial charge in [-0.3, -0.25) is 0 Å². The maximum atomic E-state index is 9.35. The lowest BCUT2D eigenvalue weighted by Crippen LogP contribution is -2.25. The molecule has 0 radical (unpaired) electrons. The normalized spacial score (nSPS) is 25.7. The van der Waals surface area contributed by atoms with E-state index in [0.29, 0.717) is 0 Å². The van der Waals surface area contributed by atoms with E-state index in [9.17, 15) is 5.11 Å². The van der Waals surface area contributed by atoms with Crippen LogP contribution in [-0.4, -0.2) is 18.3 Å². The van der Waals surface area contributed by atoms with Crippen molar-refractivity contribution in [3.63, 3.8) is 0 Å². The van der Waals surface area contributed by atoms with E-state index in [2.05, 4.69) is 41.1 Å². The van der Waals surface area contributed by atoms with E-state index in [-0.39, 0.29) is 18.6 Å². The molecule has 1 N–H and O–H groups in total. The molecule has 0 aliphatic carbocycles. The molecule has 1 fully saturated rings. The summed E-state index contributed by atoms with van der Waals surface area (Å²) in [4.78, 5) is 0. The Labute approximate surface area is 105 Å². The molecule has 2 nitrogen and oxygen atoms in total. The average Bonchev–Trinajstić information content (AvgIpc) is 2.32. The van der Waals surface area contributed by atoms with Gasteiger partial charge in [-0.1, -0.05) is 28.1 Å². The summed E-state index contributed by atoms with van der Waals surface area (Å²) in [5.41, 5.74) is 2.39. The summed E-state index contributed by atoms with van der Waals surface area (Å²) in [6, 6.07) is 6.29. The van der Waals surface area contributed by atoms with Crippen LogP contribution in [0, 0.1) is 12.8 Å². The second-order valence-corrected chi connectivity index (χ2v) is 5.24. The Balaban J connectivity index is 2.23. The van der Waals surface area contributed by atoms with Gasteiger partial charge >= 0.3 is 0 Å². The third-order valence-electron chi connectivity index (χ3n) is 3.20. The Bertz CT molecular complexity index is 365. The van der Waals surface area contributed by atoms with Crippen LogP contribution >= 0.6 is 15.9 Å². The summed E-state index contributed by atoms with van der Waals surface area (Å²) in [5.74, 6) is 0.239. The number of halogens is 1. The highest BCUT2D eigenvalue weighted by Crippen LogP contribution is 2.34. The highest BCUT2D eigenvalue weighted by molar-refractivity contribution is 9.10. The van der Waals surface area contributed by atoms with Crippen molar-refractivity contribution in [3.05, 3.63) is 33.8 Å². The molecule has 1 aromatic rings. The fraction of sp³-hybridized carbons (Fsp3) is 0.538. The number of aryl methyl sites for hydroxylation is 1. The first-order valence-electron chi connectivity index (χ1n) is 5.71. The first-order valence-corrected chi connectivity index (χ1v) is 6.50.